The second kappa shape index (κ2) is 4.31. The van der Waals surface area contributed by atoms with Crippen molar-refractivity contribution in [2.75, 3.05) is 19.8 Å². The number of fused-ring (bicyclic) bond motifs is 1. The Hall–Kier alpha value is -1.06. The Morgan fingerprint density at radius 2 is 1.94 bits per heavy atom. The standard InChI is InChI=1S/C14H19NO2/c15-14(6-9-16-10-7-14)12-5-1-3-11-4-2-8-17-13(11)12/h1,3,5H,2,4,6-10,15H2. The van der Waals surface area contributed by atoms with Gasteiger partial charge in [-0.3, -0.25) is 0 Å². The summed E-state index contributed by atoms with van der Waals surface area (Å²) in [5, 5.41) is 0. The van der Waals surface area contributed by atoms with Gasteiger partial charge in [0, 0.05) is 24.3 Å². The molecule has 0 saturated carbocycles. The molecular formula is C14H19NO2. The van der Waals surface area contributed by atoms with Crippen molar-refractivity contribution in [1.29, 1.82) is 0 Å². The van der Waals surface area contributed by atoms with Gasteiger partial charge in [-0.05, 0) is 31.2 Å². The van der Waals surface area contributed by atoms with E-state index in [0.717, 1.165) is 51.3 Å². The van der Waals surface area contributed by atoms with Crippen LogP contribution in [0.2, 0.25) is 0 Å². The van der Waals surface area contributed by atoms with Crippen molar-refractivity contribution >= 4 is 0 Å². The van der Waals surface area contributed by atoms with E-state index in [2.05, 4.69) is 18.2 Å². The van der Waals surface area contributed by atoms with Gasteiger partial charge in [-0.2, -0.15) is 0 Å². The highest BCUT2D eigenvalue weighted by Gasteiger charge is 2.34. The van der Waals surface area contributed by atoms with Crippen LogP contribution in [0.1, 0.15) is 30.4 Å². The topological polar surface area (TPSA) is 44.5 Å². The average molecular weight is 233 g/mol. The van der Waals surface area contributed by atoms with Crippen LogP contribution in [0.25, 0.3) is 0 Å². The third-order valence-corrected chi connectivity index (χ3v) is 3.85. The molecule has 2 heterocycles. The summed E-state index contributed by atoms with van der Waals surface area (Å²) < 4.78 is 11.3. The molecule has 2 aliphatic heterocycles. The molecule has 0 bridgehead atoms. The van der Waals surface area contributed by atoms with Crippen LogP contribution in [0.15, 0.2) is 18.2 Å². The molecule has 0 aliphatic carbocycles. The average Bonchev–Trinajstić information content (AvgIpc) is 2.39. The highest BCUT2D eigenvalue weighted by molar-refractivity contribution is 5.46. The predicted octanol–water partition coefficient (Wildman–Crippen LogP) is 1.98. The van der Waals surface area contributed by atoms with Gasteiger partial charge in [0.2, 0.25) is 0 Å². The summed E-state index contributed by atoms with van der Waals surface area (Å²) in [5.41, 5.74) is 8.77. The Balaban J connectivity index is 2.01. The molecular weight excluding hydrogens is 214 g/mol. The normalized spacial score (nSPS) is 22.6. The molecule has 3 nitrogen and oxygen atoms in total. The minimum Gasteiger partial charge on any atom is -0.493 e. The van der Waals surface area contributed by atoms with Gasteiger partial charge in [-0.1, -0.05) is 18.2 Å². The number of rotatable bonds is 1. The summed E-state index contributed by atoms with van der Waals surface area (Å²) in [5.74, 6) is 1.04. The van der Waals surface area contributed by atoms with Gasteiger partial charge in [-0.15, -0.1) is 0 Å². The fraction of sp³-hybridized carbons (Fsp3) is 0.571. The minimum atomic E-state index is -0.263. The summed E-state index contributed by atoms with van der Waals surface area (Å²) in [7, 11) is 0. The maximum absolute atomic E-state index is 6.54. The quantitative estimate of drug-likeness (QED) is 0.806. The zero-order valence-electron chi connectivity index (χ0n) is 10.1. The number of hydrogen-bond donors (Lipinski definition) is 1. The molecule has 92 valence electrons. The van der Waals surface area contributed by atoms with E-state index in [9.17, 15) is 0 Å². The number of nitrogens with two attached hydrogens (primary N) is 1. The first kappa shape index (κ1) is 11.1. The molecule has 0 unspecified atom stereocenters. The van der Waals surface area contributed by atoms with E-state index in [1.54, 1.807) is 0 Å². The Bertz CT molecular complexity index is 411. The molecule has 3 rings (SSSR count). The fourth-order valence-electron chi connectivity index (χ4n) is 2.79. The lowest BCUT2D eigenvalue weighted by molar-refractivity contribution is 0.0509. The van der Waals surface area contributed by atoms with Crippen LogP contribution in [-0.4, -0.2) is 19.8 Å². The smallest absolute Gasteiger partial charge is 0.127 e. The predicted molar refractivity (Wildman–Crippen MR) is 66.2 cm³/mol. The van der Waals surface area contributed by atoms with Crippen molar-refractivity contribution in [3.8, 4) is 5.75 Å². The van der Waals surface area contributed by atoms with Gasteiger partial charge in [-0.25, -0.2) is 0 Å². The molecule has 0 aromatic heterocycles. The van der Waals surface area contributed by atoms with Crippen molar-refractivity contribution < 1.29 is 9.47 Å². The van der Waals surface area contributed by atoms with E-state index >= 15 is 0 Å². The maximum Gasteiger partial charge on any atom is 0.127 e. The van der Waals surface area contributed by atoms with Crippen LogP contribution in [0, 0.1) is 0 Å². The van der Waals surface area contributed by atoms with Crippen molar-refractivity contribution in [2.45, 2.75) is 31.2 Å². The zero-order chi connectivity index (χ0) is 11.7. The van der Waals surface area contributed by atoms with Gasteiger partial charge < -0.3 is 15.2 Å². The Labute approximate surface area is 102 Å². The van der Waals surface area contributed by atoms with Crippen LogP contribution in [0.5, 0.6) is 5.75 Å². The molecule has 1 saturated heterocycles. The third-order valence-electron chi connectivity index (χ3n) is 3.85. The molecule has 0 radical (unpaired) electrons. The van der Waals surface area contributed by atoms with Crippen molar-refractivity contribution in [3.05, 3.63) is 29.3 Å². The van der Waals surface area contributed by atoms with Crippen molar-refractivity contribution in [3.63, 3.8) is 0 Å². The van der Waals surface area contributed by atoms with E-state index in [4.69, 9.17) is 15.2 Å². The Morgan fingerprint density at radius 1 is 1.12 bits per heavy atom. The van der Waals surface area contributed by atoms with Crippen LogP contribution < -0.4 is 10.5 Å². The number of hydrogen-bond acceptors (Lipinski definition) is 3. The first-order chi connectivity index (χ1) is 8.30. The zero-order valence-corrected chi connectivity index (χ0v) is 10.1. The lowest BCUT2D eigenvalue weighted by Crippen LogP contribution is -2.42. The van der Waals surface area contributed by atoms with Gasteiger partial charge in [0.15, 0.2) is 0 Å². The molecule has 0 spiro atoms. The van der Waals surface area contributed by atoms with Crippen LogP contribution >= 0.6 is 0 Å². The van der Waals surface area contributed by atoms with Crippen LogP contribution in [0.3, 0.4) is 0 Å². The Kier molecular flexibility index (Phi) is 2.81. The largest absolute Gasteiger partial charge is 0.493 e. The second-order valence-electron chi connectivity index (χ2n) is 5.01. The number of aryl methyl sites for hydroxylation is 1. The molecule has 2 N–H and O–H groups in total. The summed E-state index contributed by atoms with van der Waals surface area (Å²) in [6.07, 6.45) is 3.98. The molecule has 3 heteroatoms. The lowest BCUT2D eigenvalue weighted by Gasteiger charge is -2.36. The summed E-state index contributed by atoms with van der Waals surface area (Å²) in [4.78, 5) is 0. The molecule has 1 aromatic carbocycles. The van der Waals surface area contributed by atoms with Gasteiger partial charge in [0.1, 0.15) is 5.75 Å². The van der Waals surface area contributed by atoms with E-state index in [1.165, 1.54) is 11.1 Å². The van der Waals surface area contributed by atoms with Gasteiger partial charge in [0.05, 0.1) is 6.61 Å². The molecule has 0 amide bonds. The number of benzene rings is 1. The summed E-state index contributed by atoms with van der Waals surface area (Å²) >= 11 is 0. The molecule has 17 heavy (non-hydrogen) atoms. The number of para-hydroxylation sites is 1. The highest BCUT2D eigenvalue weighted by atomic mass is 16.5. The monoisotopic (exact) mass is 233 g/mol. The van der Waals surface area contributed by atoms with E-state index in [0.29, 0.717) is 0 Å². The SMILES string of the molecule is NC1(c2cccc3c2OCCC3)CCOCC1. The van der Waals surface area contributed by atoms with Gasteiger partial charge >= 0.3 is 0 Å². The van der Waals surface area contributed by atoms with Gasteiger partial charge in [0.25, 0.3) is 0 Å². The van der Waals surface area contributed by atoms with E-state index in [-0.39, 0.29) is 5.54 Å². The first-order valence-electron chi connectivity index (χ1n) is 6.41. The first-order valence-corrected chi connectivity index (χ1v) is 6.41. The van der Waals surface area contributed by atoms with Crippen LogP contribution in [-0.2, 0) is 16.7 Å². The number of ether oxygens (including phenoxy) is 2. The second-order valence-corrected chi connectivity index (χ2v) is 5.01. The maximum atomic E-state index is 6.54. The van der Waals surface area contributed by atoms with Crippen LogP contribution in [0.4, 0.5) is 0 Å². The third kappa shape index (κ3) is 1.94. The van der Waals surface area contributed by atoms with Crippen molar-refractivity contribution in [1.82, 2.24) is 0 Å². The molecule has 0 atom stereocenters. The molecule has 2 aliphatic rings. The molecule has 1 fully saturated rings. The van der Waals surface area contributed by atoms with E-state index < -0.39 is 0 Å². The summed E-state index contributed by atoms with van der Waals surface area (Å²) in [6, 6.07) is 6.38. The summed E-state index contributed by atoms with van der Waals surface area (Å²) in [6.45, 7) is 2.32. The van der Waals surface area contributed by atoms with E-state index in [1.807, 2.05) is 0 Å². The Morgan fingerprint density at radius 3 is 2.76 bits per heavy atom. The highest BCUT2D eigenvalue weighted by Crippen LogP contribution is 2.39. The van der Waals surface area contributed by atoms with Crippen molar-refractivity contribution in [2.24, 2.45) is 5.73 Å². The molecule has 1 aromatic rings. The lowest BCUT2D eigenvalue weighted by atomic mass is 9.81. The minimum absolute atomic E-state index is 0.263. The fourth-order valence-corrected chi connectivity index (χ4v) is 2.79.